The molecule has 10 atom stereocenters. The van der Waals surface area contributed by atoms with Crippen LogP contribution in [0, 0.1) is 52.3 Å². The number of hydrogen-bond acceptors (Lipinski definition) is 5. The first kappa shape index (κ1) is 28.8. The van der Waals surface area contributed by atoms with E-state index in [1.807, 2.05) is 0 Å². The van der Waals surface area contributed by atoms with Gasteiger partial charge < -0.3 is 10.1 Å². The zero-order valence-electron chi connectivity index (χ0n) is 23.5. The van der Waals surface area contributed by atoms with E-state index in [0.29, 0.717) is 47.3 Å². The quantitative estimate of drug-likeness (QED) is 0.322. The second-order valence-electron chi connectivity index (χ2n) is 13.6. The van der Waals surface area contributed by atoms with Crippen LogP contribution in [0.15, 0.2) is 0 Å². The molecule has 0 radical (unpaired) electrons. The molecule has 0 aromatic carbocycles. The first-order valence-electron chi connectivity index (χ1n) is 14.6. The molecule has 7 nitrogen and oxygen atoms in total. The molecule has 0 saturated heterocycles. The van der Waals surface area contributed by atoms with E-state index in [1.165, 1.54) is 38.5 Å². The van der Waals surface area contributed by atoms with Crippen LogP contribution in [-0.2, 0) is 24.4 Å². The van der Waals surface area contributed by atoms with Crippen molar-refractivity contribution in [1.82, 2.24) is 5.32 Å². The lowest BCUT2D eigenvalue weighted by molar-refractivity contribution is -0.191. The Kier molecular flexibility index (Phi) is 8.41. The average Bonchev–Trinajstić information content (AvgIpc) is 3.14. The normalized spacial score (nSPS) is 42.2. The van der Waals surface area contributed by atoms with E-state index in [1.54, 1.807) is 6.92 Å². The van der Waals surface area contributed by atoms with Crippen molar-refractivity contribution < 1.29 is 27.3 Å². The Bertz CT molecular complexity index is 967. The van der Waals surface area contributed by atoms with Crippen molar-refractivity contribution in [2.75, 3.05) is 12.3 Å². The lowest BCUT2D eigenvalue weighted by Gasteiger charge is -2.63. The van der Waals surface area contributed by atoms with Crippen LogP contribution >= 0.6 is 0 Å². The van der Waals surface area contributed by atoms with Gasteiger partial charge in [-0.15, -0.1) is 0 Å². The Labute approximate surface area is 224 Å². The van der Waals surface area contributed by atoms with Crippen LogP contribution < -0.4 is 5.32 Å². The van der Waals surface area contributed by atoms with E-state index < -0.39 is 15.9 Å². The maximum Gasteiger partial charge on any atom is 0.302 e. The van der Waals surface area contributed by atoms with Gasteiger partial charge in [-0.25, -0.2) is 0 Å². The lowest BCUT2D eigenvalue weighted by Crippen LogP contribution is -2.59. The van der Waals surface area contributed by atoms with Gasteiger partial charge in [-0.1, -0.05) is 34.1 Å². The zero-order valence-corrected chi connectivity index (χ0v) is 24.3. The maximum absolute atomic E-state index is 12.3. The van der Waals surface area contributed by atoms with Gasteiger partial charge in [-0.3, -0.25) is 14.1 Å². The number of hydrogen-bond donors (Lipinski definition) is 2. The van der Waals surface area contributed by atoms with Crippen molar-refractivity contribution in [3.05, 3.63) is 0 Å². The summed E-state index contributed by atoms with van der Waals surface area (Å²) in [6, 6.07) is 0. The topological polar surface area (TPSA) is 110 Å². The standard InChI is InChI=1S/C29H49NO6S/c1-18-10-12-28(4)21(16-18)17-25(36-20(3)31)27-23-8-7-22(29(23,5)13-11-24(27)28)19(2)6-9-26(32)30-14-15-37(33,34)35/h18-19,21-25,27H,6-17H2,1-5H3,(H,30,32)(H,33,34,35)/t18-,19-,21+,22-,23+,24+,25-,27+,28+,29-/m1/s1. The van der Waals surface area contributed by atoms with Crippen LogP contribution in [0.1, 0.15) is 98.8 Å². The summed E-state index contributed by atoms with van der Waals surface area (Å²) in [4.78, 5) is 24.5. The predicted octanol–water partition coefficient (Wildman–Crippen LogP) is 5.24. The van der Waals surface area contributed by atoms with Crippen molar-refractivity contribution >= 4 is 22.0 Å². The van der Waals surface area contributed by atoms with Gasteiger partial charge >= 0.3 is 5.97 Å². The molecule has 0 aromatic heterocycles. The third kappa shape index (κ3) is 5.90. The number of ether oxygens (including phenoxy) is 1. The molecule has 4 rings (SSSR count). The summed E-state index contributed by atoms with van der Waals surface area (Å²) in [7, 11) is -4.07. The molecular formula is C29H49NO6S. The zero-order chi connectivity index (χ0) is 27.2. The van der Waals surface area contributed by atoms with Gasteiger partial charge in [0.25, 0.3) is 10.1 Å². The first-order chi connectivity index (χ1) is 17.2. The third-order valence-corrected chi connectivity index (χ3v) is 12.2. The van der Waals surface area contributed by atoms with Crippen molar-refractivity contribution in [3.8, 4) is 0 Å². The van der Waals surface area contributed by atoms with E-state index >= 15 is 0 Å². The highest BCUT2D eigenvalue weighted by Gasteiger charge is 2.63. The van der Waals surface area contributed by atoms with Gasteiger partial charge in [-0.2, -0.15) is 8.42 Å². The van der Waals surface area contributed by atoms with Gasteiger partial charge in [0.15, 0.2) is 0 Å². The molecule has 4 saturated carbocycles. The summed E-state index contributed by atoms with van der Waals surface area (Å²) in [6.07, 6.45) is 10.8. The SMILES string of the molecule is CC(=O)O[C@@H]1C[C@@H]2C[C@H](C)CC[C@]2(C)[C@H]2CC[C@]3(C)[C@@H]([C@H](C)CCC(=O)NCCS(=O)(=O)O)CC[C@H]3[C@H]12. The fourth-order valence-corrected chi connectivity index (χ4v) is 10.1. The summed E-state index contributed by atoms with van der Waals surface area (Å²) in [5.41, 5.74) is 0.532. The number of amides is 1. The van der Waals surface area contributed by atoms with Gasteiger partial charge in [0.2, 0.25) is 5.91 Å². The van der Waals surface area contributed by atoms with Crippen LogP contribution in [-0.4, -0.2) is 43.2 Å². The number of carbonyl (C=O) groups is 2. The fraction of sp³-hybridized carbons (Fsp3) is 0.931. The molecule has 4 aliphatic carbocycles. The van der Waals surface area contributed by atoms with Crippen molar-refractivity contribution in [2.24, 2.45) is 52.3 Å². The second kappa shape index (κ2) is 10.8. The van der Waals surface area contributed by atoms with Crippen LogP contribution in [0.3, 0.4) is 0 Å². The van der Waals surface area contributed by atoms with E-state index in [4.69, 9.17) is 9.29 Å². The molecule has 8 heteroatoms. The van der Waals surface area contributed by atoms with Gasteiger partial charge in [0.1, 0.15) is 6.10 Å². The monoisotopic (exact) mass is 539 g/mol. The fourth-order valence-electron chi connectivity index (χ4n) is 9.69. The molecule has 0 unspecified atom stereocenters. The summed E-state index contributed by atoms with van der Waals surface area (Å²) < 4.78 is 36.8. The van der Waals surface area contributed by atoms with Crippen molar-refractivity contribution in [1.29, 1.82) is 0 Å². The van der Waals surface area contributed by atoms with E-state index in [0.717, 1.165) is 25.2 Å². The Morgan fingerprint density at radius 1 is 1.05 bits per heavy atom. The van der Waals surface area contributed by atoms with Gasteiger partial charge in [0, 0.05) is 25.8 Å². The predicted molar refractivity (Wildman–Crippen MR) is 143 cm³/mol. The van der Waals surface area contributed by atoms with Gasteiger partial charge in [-0.05, 0) is 97.7 Å². The van der Waals surface area contributed by atoms with Crippen molar-refractivity contribution in [2.45, 2.75) is 105 Å². The maximum atomic E-state index is 12.3. The summed E-state index contributed by atoms with van der Waals surface area (Å²) >= 11 is 0. The van der Waals surface area contributed by atoms with E-state index in [2.05, 4.69) is 33.0 Å². The van der Waals surface area contributed by atoms with Crippen LogP contribution in [0.25, 0.3) is 0 Å². The summed E-state index contributed by atoms with van der Waals surface area (Å²) in [6.45, 7) is 11.2. The molecule has 0 spiro atoms. The minimum absolute atomic E-state index is 0.0261. The number of carbonyl (C=O) groups excluding carboxylic acids is 2. The smallest absolute Gasteiger partial charge is 0.302 e. The molecule has 0 heterocycles. The lowest BCUT2D eigenvalue weighted by atomic mass is 9.43. The van der Waals surface area contributed by atoms with Crippen LogP contribution in [0.5, 0.6) is 0 Å². The summed E-state index contributed by atoms with van der Waals surface area (Å²) in [5, 5.41) is 2.62. The van der Waals surface area contributed by atoms with E-state index in [-0.39, 0.29) is 29.9 Å². The summed E-state index contributed by atoms with van der Waals surface area (Å²) in [5.74, 6) is 3.13. The molecule has 2 N–H and O–H groups in total. The van der Waals surface area contributed by atoms with Crippen molar-refractivity contribution in [3.63, 3.8) is 0 Å². The Hall–Kier alpha value is -1.15. The second-order valence-corrected chi connectivity index (χ2v) is 15.2. The minimum Gasteiger partial charge on any atom is -0.462 e. The number of nitrogens with one attached hydrogen (secondary N) is 1. The van der Waals surface area contributed by atoms with Gasteiger partial charge in [0.05, 0.1) is 5.75 Å². The number of fused-ring (bicyclic) bond motifs is 5. The van der Waals surface area contributed by atoms with Crippen LogP contribution in [0.4, 0.5) is 0 Å². The molecular weight excluding hydrogens is 490 g/mol. The minimum atomic E-state index is -4.07. The molecule has 0 bridgehead atoms. The number of esters is 1. The Morgan fingerprint density at radius 3 is 2.41 bits per heavy atom. The number of rotatable bonds is 8. The third-order valence-electron chi connectivity index (χ3n) is 11.5. The highest BCUT2D eigenvalue weighted by molar-refractivity contribution is 7.85. The molecule has 0 aromatic rings. The molecule has 0 aliphatic heterocycles. The average molecular weight is 540 g/mol. The van der Waals surface area contributed by atoms with Crippen LogP contribution in [0.2, 0.25) is 0 Å². The Morgan fingerprint density at radius 2 is 1.73 bits per heavy atom. The van der Waals surface area contributed by atoms with E-state index in [9.17, 15) is 18.0 Å². The molecule has 1 amide bonds. The molecule has 4 aliphatic rings. The highest BCUT2D eigenvalue weighted by Crippen LogP contribution is 2.69. The Balaban J connectivity index is 1.46. The first-order valence-corrected chi connectivity index (χ1v) is 16.2. The molecule has 212 valence electrons. The molecule has 37 heavy (non-hydrogen) atoms. The highest BCUT2D eigenvalue weighted by atomic mass is 32.2. The largest absolute Gasteiger partial charge is 0.462 e. The molecule has 4 fully saturated rings.